The summed E-state index contributed by atoms with van der Waals surface area (Å²) < 4.78 is 11.5. The zero-order valence-corrected chi connectivity index (χ0v) is 15.5. The van der Waals surface area contributed by atoms with Crippen molar-refractivity contribution in [2.75, 3.05) is 0 Å². The first-order valence-electron chi connectivity index (χ1n) is 9.12. The average molecular weight is 372 g/mol. The van der Waals surface area contributed by atoms with E-state index in [9.17, 15) is 5.26 Å². The SMILES string of the molecule is CCc1[nH]nc2c1C(c1cccc(OCc3ccccc3)c1)C(C#N)=C(N)O2. The Balaban J connectivity index is 1.70. The molecule has 0 spiro atoms. The summed E-state index contributed by atoms with van der Waals surface area (Å²) in [5, 5.41) is 16.9. The number of nitriles is 1. The number of allylic oxidation sites excluding steroid dienone is 1. The summed E-state index contributed by atoms with van der Waals surface area (Å²) in [5.41, 5.74) is 10.2. The number of hydrogen-bond acceptors (Lipinski definition) is 5. The van der Waals surface area contributed by atoms with Gasteiger partial charge in [0, 0.05) is 11.3 Å². The molecule has 1 aliphatic rings. The van der Waals surface area contributed by atoms with Gasteiger partial charge < -0.3 is 15.2 Å². The number of nitrogens with one attached hydrogen (secondary N) is 1. The molecule has 3 N–H and O–H groups in total. The van der Waals surface area contributed by atoms with Crippen molar-refractivity contribution in [3.8, 4) is 17.7 Å². The maximum Gasteiger partial charge on any atom is 0.244 e. The Morgan fingerprint density at radius 3 is 2.79 bits per heavy atom. The van der Waals surface area contributed by atoms with Crippen molar-refractivity contribution in [1.82, 2.24) is 10.2 Å². The summed E-state index contributed by atoms with van der Waals surface area (Å²) >= 11 is 0. The van der Waals surface area contributed by atoms with E-state index in [1.165, 1.54) is 0 Å². The quantitative estimate of drug-likeness (QED) is 0.710. The van der Waals surface area contributed by atoms with Gasteiger partial charge in [-0.2, -0.15) is 5.26 Å². The van der Waals surface area contributed by atoms with Crippen LogP contribution in [0, 0.1) is 11.3 Å². The Hall–Kier alpha value is -3.72. The number of ether oxygens (including phenoxy) is 2. The van der Waals surface area contributed by atoms with Crippen LogP contribution in [0.25, 0.3) is 0 Å². The van der Waals surface area contributed by atoms with Gasteiger partial charge in [0.05, 0.1) is 5.92 Å². The third kappa shape index (κ3) is 3.19. The number of aryl methyl sites for hydroxylation is 1. The van der Waals surface area contributed by atoms with Crippen LogP contribution in [0.15, 0.2) is 66.1 Å². The van der Waals surface area contributed by atoms with Gasteiger partial charge in [0.1, 0.15) is 24.0 Å². The van der Waals surface area contributed by atoms with E-state index in [2.05, 4.69) is 16.3 Å². The normalized spacial score (nSPS) is 15.5. The number of H-pyrrole nitrogens is 1. The summed E-state index contributed by atoms with van der Waals surface area (Å²) in [4.78, 5) is 0. The van der Waals surface area contributed by atoms with Crippen LogP contribution in [0.2, 0.25) is 0 Å². The average Bonchev–Trinajstić information content (AvgIpc) is 3.14. The van der Waals surface area contributed by atoms with E-state index in [1.807, 2.05) is 61.5 Å². The lowest BCUT2D eigenvalue weighted by Crippen LogP contribution is -2.21. The lowest BCUT2D eigenvalue weighted by molar-refractivity contribution is 0.306. The van der Waals surface area contributed by atoms with Crippen LogP contribution in [0.1, 0.15) is 35.2 Å². The molecule has 6 heteroatoms. The van der Waals surface area contributed by atoms with Gasteiger partial charge in [-0.05, 0) is 29.7 Å². The predicted octanol–water partition coefficient (Wildman–Crippen LogP) is 3.77. The topological polar surface area (TPSA) is 97.0 Å². The fraction of sp³-hybridized carbons (Fsp3) is 0.182. The molecule has 4 rings (SSSR count). The second-order valence-corrected chi connectivity index (χ2v) is 6.55. The Morgan fingerprint density at radius 2 is 2.04 bits per heavy atom. The molecule has 1 aliphatic heterocycles. The van der Waals surface area contributed by atoms with Gasteiger partial charge in [0.2, 0.25) is 11.8 Å². The van der Waals surface area contributed by atoms with Gasteiger partial charge in [-0.1, -0.05) is 49.4 Å². The standard InChI is InChI=1S/C22H20N4O2/c1-2-18-20-19(17(12-23)21(24)28-22(20)26-25-18)15-9-6-10-16(11-15)27-13-14-7-4-3-5-8-14/h3-11,19H,2,13,24H2,1H3,(H,25,26). The Bertz CT molecular complexity index is 1060. The van der Waals surface area contributed by atoms with Gasteiger partial charge in [-0.3, -0.25) is 5.10 Å². The smallest absolute Gasteiger partial charge is 0.244 e. The summed E-state index contributed by atoms with van der Waals surface area (Å²) in [7, 11) is 0. The highest BCUT2D eigenvalue weighted by Gasteiger charge is 2.34. The van der Waals surface area contributed by atoms with Crippen molar-refractivity contribution in [2.45, 2.75) is 25.9 Å². The molecule has 140 valence electrons. The summed E-state index contributed by atoms with van der Waals surface area (Å²) in [5.74, 6) is 0.897. The molecule has 1 aromatic heterocycles. The summed E-state index contributed by atoms with van der Waals surface area (Å²) in [6.07, 6.45) is 0.741. The van der Waals surface area contributed by atoms with Crippen LogP contribution in [-0.2, 0) is 13.0 Å². The lowest BCUT2D eigenvalue weighted by atomic mass is 9.83. The van der Waals surface area contributed by atoms with Gasteiger partial charge in [0.15, 0.2) is 0 Å². The van der Waals surface area contributed by atoms with Crippen LogP contribution in [0.3, 0.4) is 0 Å². The maximum absolute atomic E-state index is 9.71. The van der Waals surface area contributed by atoms with E-state index in [-0.39, 0.29) is 11.8 Å². The Labute approximate surface area is 163 Å². The molecule has 0 saturated carbocycles. The van der Waals surface area contributed by atoms with E-state index in [0.29, 0.717) is 18.1 Å². The molecule has 1 unspecified atom stereocenters. The Morgan fingerprint density at radius 1 is 1.21 bits per heavy atom. The number of aromatic amines is 1. The first-order chi connectivity index (χ1) is 13.7. The summed E-state index contributed by atoms with van der Waals surface area (Å²) in [6.45, 7) is 2.50. The minimum atomic E-state index is -0.345. The lowest BCUT2D eigenvalue weighted by Gasteiger charge is -2.24. The minimum Gasteiger partial charge on any atom is -0.489 e. The molecule has 0 bridgehead atoms. The minimum absolute atomic E-state index is 0.0877. The second-order valence-electron chi connectivity index (χ2n) is 6.55. The van der Waals surface area contributed by atoms with Gasteiger partial charge >= 0.3 is 0 Å². The predicted molar refractivity (Wildman–Crippen MR) is 104 cm³/mol. The third-order valence-electron chi connectivity index (χ3n) is 4.81. The fourth-order valence-corrected chi connectivity index (χ4v) is 3.44. The number of benzene rings is 2. The van der Waals surface area contributed by atoms with Crippen molar-refractivity contribution in [3.05, 3.63) is 88.4 Å². The molecular formula is C22H20N4O2. The highest BCUT2D eigenvalue weighted by molar-refractivity contribution is 5.55. The first kappa shape index (κ1) is 17.7. The molecule has 0 saturated heterocycles. The molecule has 0 radical (unpaired) electrons. The molecule has 0 aliphatic carbocycles. The van der Waals surface area contributed by atoms with Crippen LogP contribution < -0.4 is 15.2 Å². The molecule has 0 amide bonds. The number of aromatic nitrogens is 2. The number of hydrogen-bond donors (Lipinski definition) is 2. The molecular weight excluding hydrogens is 352 g/mol. The highest BCUT2D eigenvalue weighted by Crippen LogP contribution is 2.43. The molecule has 6 nitrogen and oxygen atoms in total. The van der Waals surface area contributed by atoms with Crippen LogP contribution in [0.5, 0.6) is 11.6 Å². The zero-order valence-electron chi connectivity index (χ0n) is 15.5. The summed E-state index contributed by atoms with van der Waals surface area (Å²) in [6, 6.07) is 19.9. The molecule has 0 fully saturated rings. The van der Waals surface area contributed by atoms with Gasteiger partial charge in [-0.25, -0.2) is 0 Å². The van der Waals surface area contributed by atoms with E-state index in [0.717, 1.165) is 34.6 Å². The van der Waals surface area contributed by atoms with E-state index in [1.54, 1.807) is 0 Å². The van der Waals surface area contributed by atoms with Crippen LogP contribution in [-0.4, -0.2) is 10.2 Å². The monoisotopic (exact) mass is 372 g/mol. The van der Waals surface area contributed by atoms with Crippen molar-refractivity contribution in [3.63, 3.8) is 0 Å². The number of nitrogens with zero attached hydrogens (tertiary/aromatic N) is 2. The van der Waals surface area contributed by atoms with Crippen LogP contribution in [0.4, 0.5) is 0 Å². The molecule has 28 heavy (non-hydrogen) atoms. The Kier molecular flexibility index (Phi) is 4.73. The van der Waals surface area contributed by atoms with Crippen molar-refractivity contribution in [2.24, 2.45) is 5.73 Å². The van der Waals surface area contributed by atoms with Gasteiger partial charge in [0.25, 0.3) is 0 Å². The van der Waals surface area contributed by atoms with Crippen molar-refractivity contribution in [1.29, 1.82) is 5.26 Å². The molecule has 3 aromatic rings. The largest absolute Gasteiger partial charge is 0.489 e. The fourth-order valence-electron chi connectivity index (χ4n) is 3.44. The second kappa shape index (κ2) is 7.49. The molecule has 2 heterocycles. The van der Waals surface area contributed by atoms with Crippen molar-refractivity contribution >= 4 is 0 Å². The number of nitrogens with two attached hydrogens (primary N) is 1. The molecule has 1 atom stereocenters. The van der Waals surface area contributed by atoms with E-state index >= 15 is 0 Å². The van der Waals surface area contributed by atoms with Gasteiger partial charge in [-0.15, -0.1) is 5.10 Å². The van der Waals surface area contributed by atoms with E-state index in [4.69, 9.17) is 15.2 Å². The highest BCUT2D eigenvalue weighted by atomic mass is 16.5. The molecule has 2 aromatic carbocycles. The zero-order chi connectivity index (χ0) is 19.5. The number of rotatable bonds is 5. The maximum atomic E-state index is 9.71. The van der Waals surface area contributed by atoms with Crippen molar-refractivity contribution < 1.29 is 9.47 Å². The van der Waals surface area contributed by atoms with E-state index < -0.39 is 0 Å². The third-order valence-corrected chi connectivity index (χ3v) is 4.81. The van der Waals surface area contributed by atoms with Crippen LogP contribution >= 0.6 is 0 Å². The first-order valence-corrected chi connectivity index (χ1v) is 9.12. The number of fused-ring (bicyclic) bond motifs is 1.